The predicted molar refractivity (Wildman–Crippen MR) is 68.7 cm³/mol. The summed E-state index contributed by atoms with van der Waals surface area (Å²) in [4.78, 5) is 17.7. The molecule has 18 heavy (non-hydrogen) atoms. The van der Waals surface area contributed by atoms with Crippen LogP contribution in [0.5, 0.6) is 0 Å². The Morgan fingerprint density at radius 3 is 3.00 bits per heavy atom. The van der Waals surface area contributed by atoms with Crippen LogP contribution in [0, 0.1) is 10.1 Å². The summed E-state index contributed by atoms with van der Waals surface area (Å²) in [5.74, 6) is 0.179. The van der Waals surface area contributed by atoms with Gasteiger partial charge in [0.2, 0.25) is 11.0 Å². The minimum atomic E-state index is -0.570. The normalized spacial score (nSPS) is 14.4. The molecular formula is C11H13ClN4O2. The zero-order chi connectivity index (χ0) is 13.0. The van der Waals surface area contributed by atoms with Gasteiger partial charge in [-0.05, 0) is 25.7 Å². The van der Waals surface area contributed by atoms with Crippen LogP contribution in [-0.4, -0.2) is 21.4 Å². The maximum Gasteiger partial charge on any atom is 0.348 e. The second kappa shape index (κ2) is 5.77. The predicted octanol–water partition coefficient (Wildman–Crippen LogP) is 2.95. The highest BCUT2D eigenvalue weighted by molar-refractivity contribution is 6.31. The summed E-state index contributed by atoms with van der Waals surface area (Å²) in [6.07, 6.45) is 7.77. The molecule has 0 radical (unpaired) electrons. The standard InChI is InChI=1S/C11H13ClN4O2/c12-10-9(16(17)18)11(15-7-14-10)13-6-5-8-3-1-2-4-8/h3,7H,1-2,4-6H2,(H,13,14,15). The number of anilines is 1. The van der Waals surface area contributed by atoms with E-state index in [0.717, 1.165) is 19.3 Å². The van der Waals surface area contributed by atoms with Crippen LogP contribution in [0.4, 0.5) is 11.5 Å². The molecule has 0 amide bonds. The van der Waals surface area contributed by atoms with E-state index >= 15 is 0 Å². The van der Waals surface area contributed by atoms with E-state index in [9.17, 15) is 10.1 Å². The number of hydrogen-bond acceptors (Lipinski definition) is 5. The average Bonchev–Trinajstić information content (AvgIpc) is 2.81. The van der Waals surface area contributed by atoms with Crippen LogP contribution < -0.4 is 5.32 Å². The van der Waals surface area contributed by atoms with E-state index in [-0.39, 0.29) is 16.7 Å². The van der Waals surface area contributed by atoms with E-state index in [1.807, 2.05) is 0 Å². The average molecular weight is 269 g/mol. The van der Waals surface area contributed by atoms with Gasteiger partial charge in [0, 0.05) is 6.54 Å². The smallest absolute Gasteiger partial charge is 0.348 e. The molecule has 0 saturated heterocycles. The summed E-state index contributed by atoms with van der Waals surface area (Å²) in [7, 11) is 0. The first-order chi connectivity index (χ1) is 8.68. The number of halogens is 1. The molecule has 0 aromatic carbocycles. The topological polar surface area (TPSA) is 81.0 Å². The fourth-order valence-corrected chi connectivity index (χ4v) is 2.16. The molecule has 6 nitrogen and oxygen atoms in total. The lowest BCUT2D eigenvalue weighted by Gasteiger charge is -2.06. The van der Waals surface area contributed by atoms with E-state index in [0.29, 0.717) is 6.54 Å². The summed E-state index contributed by atoms with van der Waals surface area (Å²) in [6, 6.07) is 0. The van der Waals surface area contributed by atoms with E-state index in [1.54, 1.807) is 0 Å². The van der Waals surface area contributed by atoms with Crippen molar-refractivity contribution in [1.29, 1.82) is 0 Å². The van der Waals surface area contributed by atoms with Crippen LogP contribution in [0.3, 0.4) is 0 Å². The molecule has 1 N–H and O–H groups in total. The van der Waals surface area contributed by atoms with Crippen molar-refractivity contribution in [1.82, 2.24) is 9.97 Å². The van der Waals surface area contributed by atoms with Crippen molar-refractivity contribution in [2.45, 2.75) is 25.7 Å². The minimum absolute atomic E-state index is 0.141. The second-order valence-electron chi connectivity index (χ2n) is 4.05. The third-order valence-electron chi connectivity index (χ3n) is 2.83. The van der Waals surface area contributed by atoms with Crippen LogP contribution in [0.2, 0.25) is 5.15 Å². The number of rotatable bonds is 5. The van der Waals surface area contributed by atoms with Crippen molar-refractivity contribution in [2.24, 2.45) is 0 Å². The lowest BCUT2D eigenvalue weighted by molar-refractivity contribution is -0.384. The van der Waals surface area contributed by atoms with Crippen molar-refractivity contribution in [3.63, 3.8) is 0 Å². The number of nitrogens with one attached hydrogen (secondary N) is 1. The van der Waals surface area contributed by atoms with Gasteiger partial charge in [-0.3, -0.25) is 10.1 Å². The second-order valence-corrected chi connectivity index (χ2v) is 4.41. The molecule has 0 aliphatic heterocycles. The van der Waals surface area contributed by atoms with Crippen LogP contribution in [-0.2, 0) is 0 Å². The van der Waals surface area contributed by atoms with Gasteiger partial charge in [0.25, 0.3) is 0 Å². The van der Waals surface area contributed by atoms with E-state index in [1.165, 1.54) is 18.3 Å². The minimum Gasteiger partial charge on any atom is -0.364 e. The van der Waals surface area contributed by atoms with Gasteiger partial charge in [0.15, 0.2) is 0 Å². The Kier molecular flexibility index (Phi) is 4.09. The Bertz CT molecular complexity index is 490. The summed E-state index contributed by atoms with van der Waals surface area (Å²) in [5, 5.41) is 13.7. The molecule has 0 fully saturated rings. The molecule has 1 aromatic heterocycles. The van der Waals surface area contributed by atoms with Gasteiger partial charge in [0.1, 0.15) is 6.33 Å². The molecule has 1 aromatic rings. The zero-order valence-corrected chi connectivity index (χ0v) is 10.5. The van der Waals surface area contributed by atoms with Gasteiger partial charge >= 0.3 is 5.69 Å². The molecule has 0 bridgehead atoms. The SMILES string of the molecule is O=[N+]([O-])c1c(Cl)ncnc1NCCC1=CCCC1. The summed E-state index contributed by atoms with van der Waals surface area (Å²) >= 11 is 5.69. The summed E-state index contributed by atoms with van der Waals surface area (Å²) < 4.78 is 0. The van der Waals surface area contributed by atoms with Crippen molar-refractivity contribution in [3.05, 3.63) is 33.2 Å². The Labute approximate surface area is 109 Å². The van der Waals surface area contributed by atoms with Crippen molar-refractivity contribution < 1.29 is 4.92 Å². The molecular weight excluding hydrogens is 256 g/mol. The highest BCUT2D eigenvalue weighted by Gasteiger charge is 2.21. The Hall–Kier alpha value is -1.69. The fourth-order valence-electron chi connectivity index (χ4n) is 1.95. The first-order valence-electron chi connectivity index (χ1n) is 5.75. The highest BCUT2D eigenvalue weighted by Crippen LogP contribution is 2.28. The van der Waals surface area contributed by atoms with Crippen LogP contribution in [0.25, 0.3) is 0 Å². The molecule has 0 saturated carbocycles. The monoisotopic (exact) mass is 268 g/mol. The highest BCUT2D eigenvalue weighted by atomic mass is 35.5. The molecule has 0 spiro atoms. The van der Waals surface area contributed by atoms with Gasteiger partial charge in [0.05, 0.1) is 4.92 Å². The van der Waals surface area contributed by atoms with E-state index in [4.69, 9.17) is 11.6 Å². The van der Waals surface area contributed by atoms with E-state index < -0.39 is 4.92 Å². The summed E-state index contributed by atoms with van der Waals surface area (Å²) in [5.41, 5.74) is 1.13. The lowest BCUT2D eigenvalue weighted by atomic mass is 10.2. The van der Waals surface area contributed by atoms with Crippen molar-refractivity contribution in [3.8, 4) is 0 Å². The van der Waals surface area contributed by atoms with Crippen LogP contribution >= 0.6 is 11.6 Å². The fraction of sp³-hybridized carbons (Fsp3) is 0.455. The van der Waals surface area contributed by atoms with Gasteiger partial charge < -0.3 is 5.32 Å². The molecule has 7 heteroatoms. The van der Waals surface area contributed by atoms with Crippen molar-refractivity contribution >= 4 is 23.1 Å². The largest absolute Gasteiger partial charge is 0.364 e. The Morgan fingerprint density at radius 1 is 1.50 bits per heavy atom. The maximum atomic E-state index is 10.9. The number of nitro groups is 1. The number of hydrogen-bond donors (Lipinski definition) is 1. The lowest BCUT2D eigenvalue weighted by Crippen LogP contribution is -2.07. The maximum absolute atomic E-state index is 10.9. The van der Waals surface area contributed by atoms with Crippen molar-refractivity contribution in [2.75, 3.05) is 11.9 Å². The van der Waals surface area contributed by atoms with E-state index in [2.05, 4.69) is 21.4 Å². The Balaban J connectivity index is 2.00. The first kappa shape index (κ1) is 12.8. The Morgan fingerprint density at radius 2 is 2.33 bits per heavy atom. The number of allylic oxidation sites excluding steroid dienone is 1. The van der Waals surface area contributed by atoms with Gasteiger partial charge in [-0.15, -0.1) is 0 Å². The molecule has 1 aliphatic rings. The quantitative estimate of drug-likeness (QED) is 0.384. The third kappa shape index (κ3) is 2.95. The zero-order valence-electron chi connectivity index (χ0n) is 9.73. The molecule has 0 unspecified atom stereocenters. The first-order valence-corrected chi connectivity index (χ1v) is 6.13. The molecule has 1 aliphatic carbocycles. The van der Waals surface area contributed by atoms with Crippen LogP contribution in [0.1, 0.15) is 25.7 Å². The molecule has 2 rings (SSSR count). The number of aromatic nitrogens is 2. The van der Waals surface area contributed by atoms with Gasteiger partial charge in [-0.25, -0.2) is 9.97 Å². The van der Waals surface area contributed by atoms with Gasteiger partial charge in [-0.2, -0.15) is 0 Å². The van der Waals surface area contributed by atoms with Gasteiger partial charge in [-0.1, -0.05) is 23.3 Å². The summed E-state index contributed by atoms with van der Waals surface area (Å²) in [6.45, 7) is 0.611. The molecule has 96 valence electrons. The molecule has 1 heterocycles. The number of nitrogens with zero attached hydrogens (tertiary/aromatic N) is 3. The van der Waals surface area contributed by atoms with Crippen LogP contribution in [0.15, 0.2) is 18.0 Å². The third-order valence-corrected chi connectivity index (χ3v) is 3.11. The molecule has 0 atom stereocenters.